The number of benzene rings is 1. The van der Waals surface area contributed by atoms with E-state index in [1.54, 1.807) is 12.3 Å². The third-order valence-electron chi connectivity index (χ3n) is 8.42. The van der Waals surface area contributed by atoms with Gasteiger partial charge in [0.2, 0.25) is 5.91 Å². The molecule has 2 aliphatic heterocycles. The Balaban J connectivity index is 1.33. The van der Waals surface area contributed by atoms with Crippen LogP contribution in [0.2, 0.25) is 0 Å². The Morgan fingerprint density at radius 2 is 1.49 bits per heavy atom. The van der Waals surface area contributed by atoms with E-state index >= 15 is 0 Å². The molecule has 1 aromatic heterocycles. The smallest absolute Gasteiger partial charge is 0.342 e. The molecule has 2 fully saturated rings. The maximum absolute atomic E-state index is 12.7. The second-order valence-electron chi connectivity index (χ2n) is 12.0. The molecule has 3 heterocycles. The second-order valence-corrected chi connectivity index (χ2v) is 12.0. The Bertz CT molecular complexity index is 1150. The number of hydrogen-bond donors (Lipinski definition) is 0. The molecule has 41 heavy (non-hydrogen) atoms. The third kappa shape index (κ3) is 7.86. The molecular formula is C33H49N5O3. The minimum atomic E-state index is -0.310. The monoisotopic (exact) mass is 563 g/mol. The highest BCUT2D eigenvalue weighted by atomic mass is 16.5. The van der Waals surface area contributed by atoms with Crippen molar-refractivity contribution in [2.75, 3.05) is 44.2 Å². The molecule has 2 atom stereocenters. The summed E-state index contributed by atoms with van der Waals surface area (Å²) >= 11 is 0. The van der Waals surface area contributed by atoms with Gasteiger partial charge >= 0.3 is 5.97 Å². The summed E-state index contributed by atoms with van der Waals surface area (Å²) in [6, 6.07) is 13.5. The van der Waals surface area contributed by atoms with Crippen LogP contribution in [0.25, 0.3) is 0 Å². The molecule has 1 aromatic carbocycles. The number of likely N-dealkylation sites (N-methyl/N-ethyl adjacent to an activating group) is 2. The van der Waals surface area contributed by atoms with Crippen molar-refractivity contribution in [2.24, 2.45) is 5.92 Å². The molecule has 0 spiro atoms. The van der Waals surface area contributed by atoms with Crippen LogP contribution < -0.4 is 4.90 Å². The van der Waals surface area contributed by atoms with E-state index in [0.29, 0.717) is 17.6 Å². The highest BCUT2D eigenvalue weighted by Crippen LogP contribution is 2.27. The Labute approximate surface area is 246 Å². The number of carbonyl (C=O) groups excluding carboxylic acids is 2. The topological polar surface area (TPSA) is 69.2 Å². The fourth-order valence-corrected chi connectivity index (χ4v) is 6.14. The molecule has 2 aliphatic rings. The van der Waals surface area contributed by atoms with Crippen LogP contribution in [0.3, 0.4) is 0 Å². The lowest BCUT2D eigenvalue weighted by Gasteiger charge is -2.29. The third-order valence-corrected chi connectivity index (χ3v) is 8.42. The summed E-state index contributed by atoms with van der Waals surface area (Å²) in [7, 11) is 0. The number of anilines is 1. The number of esters is 1. The van der Waals surface area contributed by atoms with Crippen molar-refractivity contribution in [3.05, 3.63) is 59.3 Å². The summed E-state index contributed by atoms with van der Waals surface area (Å²) in [5.74, 6) is 0.746. The number of likely N-dealkylation sites (tertiary alicyclic amines) is 1. The van der Waals surface area contributed by atoms with Crippen molar-refractivity contribution < 1.29 is 14.3 Å². The minimum Gasteiger partial charge on any atom is -0.459 e. The van der Waals surface area contributed by atoms with Gasteiger partial charge in [0.15, 0.2) is 0 Å². The normalized spacial score (nSPS) is 19.3. The molecule has 2 saturated heterocycles. The van der Waals surface area contributed by atoms with Gasteiger partial charge in [0.05, 0.1) is 6.10 Å². The zero-order chi connectivity index (χ0) is 29.5. The van der Waals surface area contributed by atoms with E-state index in [4.69, 9.17) is 4.74 Å². The predicted molar refractivity (Wildman–Crippen MR) is 164 cm³/mol. The number of carbonyl (C=O) groups is 2. The van der Waals surface area contributed by atoms with E-state index in [9.17, 15) is 9.59 Å². The van der Waals surface area contributed by atoms with Crippen molar-refractivity contribution in [3.8, 4) is 0 Å². The molecule has 1 amide bonds. The van der Waals surface area contributed by atoms with Gasteiger partial charge in [-0.05, 0) is 63.0 Å². The average molecular weight is 564 g/mol. The van der Waals surface area contributed by atoms with E-state index in [2.05, 4.69) is 57.8 Å². The Morgan fingerprint density at radius 1 is 0.902 bits per heavy atom. The van der Waals surface area contributed by atoms with E-state index in [1.807, 2.05) is 38.7 Å². The first-order chi connectivity index (χ1) is 19.7. The first-order valence-corrected chi connectivity index (χ1v) is 15.5. The number of amides is 1. The number of pyridine rings is 1. The van der Waals surface area contributed by atoms with Gasteiger partial charge in [-0.15, -0.1) is 0 Å². The summed E-state index contributed by atoms with van der Waals surface area (Å²) < 4.78 is 5.47. The van der Waals surface area contributed by atoms with Crippen molar-refractivity contribution in [1.82, 2.24) is 19.7 Å². The lowest BCUT2D eigenvalue weighted by molar-refractivity contribution is -0.133. The van der Waals surface area contributed by atoms with E-state index in [-0.39, 0.29) is 23.9 Å². The van der Waals surface area contributed by atoms with Crippen LogP contribution in [0.15, 0.2) is 42.6 Å². The number of ether oxygens (including phenoxy) is 1. The summed E-state index contributed by atoms with van der Waals surface area (Å²) in [4.78, 5) is 39.0. The van der Waals surface area contributed by atoms with Crippen molar-refractivity contribution in [3.63, 3.8) is 0 Å². The molecule has 2 unspecified atom stereocenters. The van der Waals surface area contributed by atoms with Gasteiger partial charge in [-0.3, -0.25) is 14.6 Å². The van der Waals surface area contributed by atoms with Gasteiger partial charge < -0.3 is 14.5 Å². The van der Waals surface area contributed by atoms with Crippen molar-refractivity contribution in [2.45, 2.75) is 85.7 Å². The maximum atomic E-state index is 12.7. The van der Waals surface area contributed by atoms with Crippen LogP contribution in [-0.2, 0) is 22.6 Å². The van der Waals surface area contributed by atoms with Gasteiger partial charge in [-0.2, -0.15) is 0 Å². The van der Waals surface area contributed by atoms with Gasteiger partial charge in [-0.25, -0.2) is 9.78 Å². The quantitative estimate of drug-likeness (QED) is 0.343. The zero-order valence-electron chi connectivity index (χ0n) is 25.9. The fourth-order valence-electron chi connectivity index (χ4n) is 6.14. The lowest BCUT2D eigenvalue weighted by atomic mass is 10.1. The maximum Gasteiger partial charge on any atom is 0.342 e. The van der Waals surface area contributed by atoms with Crippen LogP contribution in [0.5, 0.6) is 0 Å². The van der Waals surface area contributed by atoms with E-state index < -0.39 is 0 Å². The number of hydrogen-bond acceptors (Lipinski definition) is 7. The second kappa shape index (κ2) is 14.3. The molecule has 0 N–H and O–H groups in total. The van der Waals surface area contributed by atoms with Crippen LogP contribution in [-0.4, -0.2) is 89.0 Å². The molecule has 8 nitrogen and oxygen atoms in total. The van der Waals surface area contributed by atoms with Gasteiger partial charge in [0.25, 0.3) is 0 Å². The largest absolute Gasteiger partial charge is 0.459 e. The van der Waals surface area contributed by atoms with Gasteiger partial charge in [0, 0.05) is 63.5 Å². The SMILES string of the molecule is CCN(Cc1ccc(CN(CC)C2CCN(c3ncccc3C(=O)OC(C)C)C2)cc1)C1CCN(C(=O)C(C)C)C1. The first-order valence-electron chi connectivity index (χ1n) is 15.5. The Morgan fingerprint density at radius 3 is 2.05 bits per heavy atom. The van der Waals surface area contributed by atoms with Crippen molar-refractivity contribution in [1.29, 1.82) is 0 Å². The fraction of sp³-hybridized carbons (Fsp3) is 0.606. The summed E-state index contributed by atoms with van der Waals surface area (Å²) in [5, 5.41) is 0. The summed E-state index contributed by atoms with van der Waals surface area (Å²) in [6.45, 7) is 19.3. The van der Waals surface area contributed by atoms with Crippen LogP contribution in [0, 0.1) is 5.92 Å². The Kier molecular flexibility index (Phi) is 10.8. The first kappa shape index (κ1) is 31.0. The van der Waals surface area contributed by atoms with Crippen LogP contribution in [0.1, 0.15) is 75.9 Å². The van der Waals surface area contributed by atoms with Crippen LogP contribution in [0.4, 0.5) is 5.82 Å². The average Bonchev–Trinajstić information content (AvgIpc) is 3.65. The molecule has 8 heteroatoms. The molecular weight excluding hydrogens is 514 g/mol. The van der Waals surface area contributed by atoms with Gasteiger partial charge in [-0.1, -0.05) is 52.0 Å². The molecule has 2 aromatic rings. The minimum absolute atomic E-state index is 0.0624. The number of nitrogens with zero attached hydrogens (tertiary/aromatic N) is 5. The van der Waals surface area contributed by atoms with E-state index in [0.717, 1.165) is 71.0 Å². The summed E-state index contributed by atoms with van der Waals surface area (Å²) in [5.41, 5.74) is 3.17. The standard InChI is InChI=1S/C33H49N5O3/c1-7-35(28-15-18-37(22-28)31-30(10-9-17-34-31)33(40)41-25(5)6)20-26-11-13-27(14-12-26)21-36(8-2)29-16-19-38(23-29)32(39)24(3)4/h9-14,17,24-25,28-29H,7-8,15-16,18-23H2,1-6H3. The number of aromatic nitrogens is 1. The molecule has 0 saturated carbocycles. The molecule has 4 rings (SSSR count). The van der Waals surface area contributed by atoms with Gasteiger partial charge in [0.1, 0.15) is 11.4 Å². The number of rotatable bonds is 12. The molecule has 0 aliphatic carbocycles. The molecule has 224 valence electrons. The zero-order valence-corrected chi connectivity index (χ0v) is 25.9. The highest BCUT2D eigenvalue weighted by molar-refractivity contribution is 5.95. The summed E-state index contributed by atoms with van der Waals surface area (Å²) in [6.07, 6.45) is 3.67. The highest BCUT2D eigenvalue weighted by Gasteiger charge is 2.32. The Hall–Kier alpha value is -2.97. The predicted octanol–water partition coefficient (Wildman–Crippen LogP) is 4.83. The van der Waals surface area contributed by atoms with Crippen molar-refractivity contribution >= 4 is 17.7 Å². The molecule has 0 radical (unpaired) electrons. The van der Waals surface area contributed by atoms with E-state index in [1.165, 1.54) is 11.1 Å². The van der Waals surface area contributed by atoms with Crippen LogP contribution >= 0.6 is 0 Å². The lowest BCUT2D eigenvalue weighted by Crippen LogP contribution is -2.39. The molecule has 0 bridgehead atoms.